The molecule has 6 rings (SSSR count). The fraction of sp³-hybridized carbons (Fsp3) is 0.147. The average Bonchev–Trinajstić information content (AvgIpc) is 3.44. The first kappa shape index (κ1) is 27.6. The first-order chi connectivity index (χ1) is 20.4. The number of carboxylic acid groups (broad SMARTS) is 1. The summed E-state index contributed by atoms with van der Waals surface area (Å²) in [7, 11) is -1.20. The minimum atomic E-state index is -1.20. The van der Waals surface area contributed by atoms with E-state index in [1.807, 2.05) is 36.5 Å². The van der Waals surface area contributed by atoms with Crippen LogP contribution in [0.4, 0.5) is 0 Å². The Hall–Kier alpha value is -4.58. The fourth-order valence-corrected chi connectivity index (χ4v) is 5.75. The summed E-state index contributed by atoms with van der Waals surface area (Å²) >= 11 is 0. The molecule has 2 heterocycles. The summed E-state index contributed by atoms with van der Waals surface area (Å²) in [5, 5.41) is 18.1. The van der Waals surface area contributed by atoms with E-state index in [2.05, 4.69) is 57.6 Å². The number of pyridine rings is 1. The molecule has 0 aliphatic heterocycles. The summed E-state index contributed by atoms with van der Waals surface area (Å²) in [6.45, 7) is 1.77. The largest absolute Gasteiger partial charge is 0.478 e. The Morgan fingerprint density at radius 1 is 0.952 bits per heavy atom. The van der Waals surface area contributed by atoms with Gasteiger partial charge in [-0.25, -0.2) is 9.78 Å². The van der Waals surface area contributed by atoms with Crippen molar-refractivity contribution in [3.05, 3.63) is 120 Å². The maximum absolute atomic E-state index is 11.0. The monoisotopic (exact) mass is 575 g/mol. The van der Waals surface area contributed by atoms with Gasteiger partial charge in [-0.15, -0.1) is 0 Å². The lowest BCUT2D eigenvalue weighted by Crippen LogP contribution is -2.15. The van der Waals surface area contributed by atoms with Gasteiger partial charge >= 0.3 is 5.97 Å². The Morgan fingerprint density at radius 3 is 2.33 bits per heavy atom. The lowest BCUT2D eigenvalue weighted by Gasteiger charge is -2.31. The van der Waals surface area contributed by atoms with Gasteiger partial charge in [0, 0.05) is 29.0 Å². The van der Waals surface area contributed by atoms with E-state index in [0.29, 0.717) is 17.5 Å². The number of aromatic amines is 1. The molecule has 210 valence electrons. The van der Waals surface area contributed by atoms with Crippen LogP contribution in [-0.4, -0.2) is 37.8 Å². The third kappa shape index (κ3) is 6.03. The zero-order valence-electron chi connectivity index (χ0n) is 23.1. The van der Waals surface area contributed by atoms with Crippen LogP contribution in [0.1, 0.15) is 41.5 Å². The van der Waals surface area contributed by atoms with Crippen molar-refractivity contribution < 1.29 is 19.5 Å². The van der Waals surface area contributed by atoms with Gasteiger partial charge in [-0.05, 0) is 95.2 Å². The fourth-order valence-electron chi connectivity index (χ4n) is 5.23. The highest BCUT2D eigenvalue weighted by atomic mass is 31.1. The van der Waals surface area contributed by atoms with Gasteiger partial charge in [0.25, 0.3) is 0 Å². The standard InChI is InChI=1S/C34H30N3O4P/c1-42(40)29-15-17-31(35-21-29)41-28-13-10-25(11-14-28)33(23-3-2-4-23)34(26-12-16-30-27(19-26)20-36-37-30)24-8-5-22(6-9-24)7-18-32(38)39/h5-21,23,40H,2-4H2,1H3,(H,36,37)(H,38,39)/b18-7+,34-33+. The summed E-state index contributed by atoms with van der Waals surface area (Å²) in [4.78, 5) is 25.2. The minimum absolute atomic E-state index is 0.412. The number of fused-ring (bicyclic) bond motifs is 1. The lowest BCUT2D eigenvalue weighted by atomic mass is 9.73. The molecular weight excluding hydrogens is 545 g/mol. The molecule has 0 spiro atoms. The highest BCUT2D eigenvalue weighted by Gasteiger charge is 2.27. The van der Waals surface area contributed by atoms with E-state index < -0.39 is 14.1 Å². The molecule has 0 bridgehead atoms. The van der Waals surface area contributed by atoms with Crippen molar-refractivity contribution in [1.29, 1.82) is 0 Å². The number of rotatable bonds is 9. The molecule has 0 amide bonds. The van der Waals surface area contributed by atoms with Gasteiger partial charge < -0.3 is 14.7 Å². The van der Waals surface area contributed by atoms with Gasteiger partial charge in [-0.1, -0.05) is 48.9 Å². The molecule has 8 heteroatoms. The van der Waals surface area contributed by atoms with Crippen molar-refractivity contribution >= 4 is 47.5 Å². The van der Waals surface area contributed by atoms with Crippen LogP contribution in [0.25, 0.3) is 28.1 Å². The van der Waals surface area contributed by atoms with Crippen LogP contribution in [-0.2, 0) is 4.79 Å². The molecule has 0 radical (unpaired) electrons. The molecule has 1 fully saturated rings. The van der Waals surface area contributed by atoms with Crippen molar-refractivity contribution in [2.75, 3.05) is 6.66 Å². The molecule has 1 aliphatic carbocycles. The number of nitrogens with zero attached hydrogens (tertiary/aromatic N) is 2. The van der Waals surface area contributed by atoms with Gasteiger partial charge in [0.15, 0.2) is 0 Å². The molecule has 1 unspecified atom stereocenters. The van der Waals surface area contributed by atoms with Crippen LogP contribution in [0, 0.1) is 5.92 Å². The zero-order valence-corrected chi connectivity index (χ0v) is 24.0. The minimum Gasteiger partial charge on any atom is -0.478 e. The summed E-state index contributed by atoms with van der Waals surface area (Å²) < 4.78 is 6.01. The van der Waals surface area contributed by atoms with Crippen molar-refractivity contribution in [3.8, 4) is 11.6 Å². The first-order valence-electron chi connectivity index (χ1n) is 13.8. The summed E-state index contributed by atoms with van der Waals surface area (Å²) in [5.41, 5.74) is 7.54. The average molecular weight is 576 g/mol. The number of carbonyl (C=O) groups is 1. The molecule has 42 heavy (non-hydrogen) atoms. The van der Waals surface area contributed by atoms with Crippen LogP contribution < -0.4 is 10.0 Å². The number of benzene rings is 3. The number of hydrogen-bond donors (Lipinski definition) is 3. The smallest absolute Gasteiger partial charge is 0.328 e. The predicted molar refractivity (Wildman–Crippen MR) is 168 cm³/mol. The number of allylic oxidation sites excluding steroid dienone is 1. The second-order valence-corrected chi connectivity index (χ2v) is 12.0. The maximum Gasteiger partial charge on any atom is 0.328 e. The molecule has 3 N–H and O–H groups in total. The van der Waals surface area contributed by atoms with E-state index >= 15 is 0 Å². The third-order valence-corrected chi connectivity index (χ3v) is 8.62. The summed E-state index contributed by atoms with van der Waals surface area (Å²) in [5.74, 6) is 0.603. The van der Waals surface area contributed by atoms with E-state index in [4.69, 9.17) is 9.84 Å². The Morgan fingerprint density at radius 2 is 1.69 bits per heavy atom. The SMILES string of the molecule is CP(O)c1ccc(Oc2ccc(/C(=C(\c3ccc(/C=C/C(=O)O)cc3)c3ccc4[nH]ncc4c3)C3CCC3)cc2)nc1. The Bertz CT molecular complexity index is 1770. The van der Waals surface area contributed by atoms with E-state index in [9.17, 15) is 9.69 Å². The van der Waals surface area contributed by atoms with Crippen LogP contribution >= 0.6 is 8.15 Å². The summed E-state index contributed by atoms with van der Waals surface area (Å²) in [6, 6.07) is 26.2. The Labute approximate surface area is 245 Å². The van der Waals surface area contributed by atoms with Crippen LogP contribution in [0.2, 0.25) is 0 Å². The molecule has 3 aromatic carbocycles. The normalized spacial score (nSPS) is 14.9. The number of aliphatic carboxylic acids is 1. The second-order valence-electron chi connectivity index (χ2n) is 10.4. The lowest BCUT2D eigenvalue weighted by molar-refractivity contribution is -0.131. The molecule has 7 nitrogen and oxygen atoms in total. The van der Waals surface area contributed by atoms with Crippen molar-refractivity contribution in [2.24, 2.45) is 5.92 Å². The molecule has 2 aromatic heterocycles. The summed E-state index contributed by atoms with van der Waals surface area (Å²) in [6.07, 6.45) is 9.67. The van der Waals surface area contributed by atoms with Crippen molar-refractivity contribution in [1.82, 2.24) is 15.2 Å². The van der Waals surface area contributed by atoms with E-state index in [1.165, 1.54) is 12.0 Å². The van der Waals surface area contributed by atoms with Gasteiger partial charge in [-0.3, -0.25) is 5.10 Å². The number of ether oxygens (including phenoxy) is 1. The number of H-pyrrole nitrogens is 1. The topological polar surface area (TPSA) is 108 Å². The molecule has 0 saturated heterocycles. The molecular formula is C34H30N3O4P. The Kier molecular flexibility index (Phi) is 7.95. The highest BCUT2D eigenvalue weighted by molar-refractivity contribution is 7.59. The quantitative estimate of drug-likeness (QED) is 0.0971. The van der Waals surface area contributed by atoms with Crippen molar-refractivity contribution in [2.45, 2.75) is 19.3 Å². The molecule has 1 saturated carbocycles. The van der Waals surface area contributed by atoms with Gasteiger partial charge in [0.05, 0.1) is 19.9 Å². The van der Waals surface area contributed by atoms with Crippen LogP contribution in [0.5, 0.6) is 11.6 Å². The Balaban J connectivity index is 1.42. The van der Waals surface area contributed by atoms with Gasteiger partial charge in [-0.2, -0.15) is 5.10 Å². The highest BCUT2D eigenvalue weighted by Crippen LogP contribution is 2.45. The first-order valence-corrected chi connectivity index (χ1v) is 15.5. The predicted octanol–water partition coefficient (Wildman–Crippen LogP) is 7.25. The molecule has 1 atom stereocenters. The maximum atomic E-state index is 11.0. The number of carboxylic acids is 1. The van der Waals surface area contributed by atoms with E-state index in [-0.39, 0.29) is 0 Å². The second kappa shape index (κ2) is 12.1. The molecule has 5 aromatic rings. The van der Waals surface area contributed by atoms with Crippen LogP contribution in [0.3, 0.4) is 0 Å². The van der Waals surface area contributed by atoms with Gasteiger partial charge in [0.1, 0.15) is 5.75 Å². The van der Waals surface area contributed by atoms with E-state index in [1.54, 1.807) is 25.0 Å². The van der Waals surface area contributed by atoms with Gasteiger partial charge in [0.2, 0.25) is 5.88 Å². The third-order valence-electron chi connectivity index (χ3n) is 7.61. The van der Waals surface area contributed by atoms with Crippen molar-refractivity contribution in [3.63, 3.8) is 0 Å². The zero-order chi connectivity index (χ0) is 29.1. The number of hydrogen-bond acceptors (Lipinski definition) is 5. The number of nitrogens with one attached hydrogen (secondary N) is 1. The van der Waals surface area contributed by atoms with Crippen LogP contribution in [0.15, 0.2) is 97.3 Å². The number of aromatic nitrogens is 3. The van der Waals surface area contributed by atoms with E-state index in [0.717, 1.165) is 63.0 Å². The molecule has 1 aliphatic rings.